The van der Waals surface area contributed by atoms with E-state index in [2.05, 4.69) is 33.1 Å². The van der Waals surface area contributed by atoms with Crippen LogP contribution in [0.25, 0.3) is 11.4 Å². The van der Waals surface area contributed by atoms with Crippen molar-refractivity contribution in [2.45, 2.75) is 18.6 Å². The van der Waals surface area contributed by atoms with Gasteiger partial charge in [-0.2, -0.15) is 0 Å². The van der Waals surface area contributed by atoms with Crippen LogP contribution >= 0.6 is 34.7 Å². The molecule has 0 saturated carbocycles. The predicted octanol–water partition coefficient (Wildman–Crippen LogP) is 4.28. The Morgan fingerprint density at radius 2 is 2.31 bits per heavy atom. The number of carbonyl (C=O) groups is 1. The fraction of sp³-hybridized carbons (Fsp3) is 0.176. The molecule has 0 unspecified atom stereocenters. The molecule has 3 aromatic heterocycles. The molecule has 0 aliphatic carbocycles. The lowest BCUT2D eigenvalue weighted by Crippen LogP contribution is -2.15. The molecular formula is C17H16ClN5OS2. The van der Waals surface area contributed by atoms with Crippen LogP contribution in [-0.2, 0) is 11.3 Å². The van der Waals surface area contributed by atoms with Gasteiger partial charge in [0.05, 0.1) is 10.8 Å². The molecule has 0 fully saturated rings. The molecule has 3 heterocycles. The first kappa shape index (κ1) is 18.6. The number of halogens is 1. The van der Waals surface area contributed by atoms with Crippen LogP contribution in [0.3, 0.4) is 0 Å². The highest BCUT2D eigenvalue weighted by molar-refractivity contribution is 7.99. The fourth-order valence-electron chi connectivity index (χ4n) is 2.22. The van der Waals surface area contributed by atoms with Crippen molar-refractivity contribution in [2.75, 3.05) is 11.1 Å². The van der Waals surface area contributed by atoms with E-state index in [1.165, 1.54) is 22.8 Å². The highest BCUT2D eigenvalue weighted by Crippen LogP contribution is 2.27. The summed E-state index contributed by atoms with van der Waals surface area (Å²) in [7, 11) is 0. The molecule has 0 aromatic carbocycles. The second kappa shape index (κ2) is 8.48. The molecule has 0 atom stereocenters. The number of nitrogens with zero attached hydrogens (tertiary/aromatic N) is 4. The Morgan fingerprint density at radius 1 is 1.46 bits per heavy atom. The second-order valence-electron chi connectivity index (χ2n) is 5.35. The van der Waals surface area contributed by atoms with Crippen LogP contribution in [0.1, 0.15) is 4.88 Å². The topological polar surface area (TPSA) is 72.7 Å². The summed E-state index contributed by atoms with van der Waals surface area (Å²) in [4.78, 5) is 17.4. The SMILES string of the molecule is C=CCn1c(SCC(=O)Nc2ccc(Cl)cn2)nnc1-c1csc(C)c1. The minimum absolute atomic E-state index is 0.175. The first-order valence-corrected chi connectivity index (χ1v) is 9.95. The predicted molar refractivity (Wildman–Crippen MR) is 107 cm³/mol. The van der Waals surface area contributed by atoms with Crippen molar-refractivity contribution in [2.24, 2.45) is 0 Å². The molecule has 1 N–H and O–H groups in total. The van der Waals surface area contributed by atoms with Crippen molar-refractivity contribution in [3.63, 3.8) is 0 Å². The van der Waals surface area contributed by atoms with Gasteiger partial charge in [-0.15, -0.1) is 28.1 Å². The molecule has 3 aromatic rings. The smallest absolute Gasteiger partial charge is 0.236 e. The van der Waals surface area contributed by atoms with Gasteiger partial charge in [-0.3, -0.25) is 9.36 Å². The Bertz CT molecular complexity index is 920. The summed E-state index contributed by atoms with van der Waals surface area (Å²) in [5, 5.41) is 14.5. The van der Waals surface area contributed by atoms with Crippen LogP contribution in [0, 0.1) is 6.92 Å². The molecule has 0 saturated heterocycles. The second-order valence-corrected chi connectivity index (χ2v) is 7.84. The van der Waals surface area contributed by atoms with E-state index in [0.717, 1.165) is 11.4 Å². The summed E-state index contributed by atoms with van der Waals surface area (Å²) in [5.41, 5.74) is 1.02. The quantitative estimate of drug-likeness (QED) is 0.469. The molecule has 1 amide bonds. The number of thiophene rings is 1. The van der Waals surface area contributed by atoms with Gasteiger partial charge in [-0.1, -0.05) is 29.4 Å². The van der Waals surface area contributed by atoms with Gasteiger partial charge < -0.3 is 5.32 Å². The fourth-order valence-corrected chi connectivity index (χ4v) is 3.76. The minimum atomic E-state index is -0.175. The number of thioether (sulfide) groups is 1. The number of hydrogen-bond acceptors (Lipinski definition) is 6. The zero-order valence-corrected chi connectivity index (χ0v) is 16.4. The number of anilines is 1. The van der Waals surface area contributed by atoms with Gasteiger partial charge in [0.2, 0.25) is 5.91 Å². The number of aromatic nitrogens is 4. The van der Waals surface area contributed by atoms with E-state index in [1.807, 2.05) is 16.9 Å². The molecule has 0 radical (unpaired) electrons. The number of hydrogen-bond donors (Lipinski definition) is 1. The maximum atomic E-state index is 12.1. The lowest BCUT2D eigenvalue weighted by molar-refractivity contribution is -0.113. The van der Waals surface area contributed by atoms with Crippen molar-refractivity contribution in [1.29, 1.82) is 0 Å². The van der Waals surface area contributed by atoms with E-state index < -0.39 is 0 Å². The van der Waals surface area contributed by atoms with E-state index in [0.29, 0.717) is 22.5 Å². The average Bonchev–Trinajstić information content (AvgIpc) is 3.22. The van der Waals surface area contributed by atoms with Gasteiger partial charge >= 0.3 is 0 Å². The summed E-state index contributed by atoms with van der Waals surface area (Å²) in [6.07, 6.45) is 3.27. The molecule has 134 valence electrons. The molecule has 26 heavy (non-hydrogen) atoms. The van der Waals surface area contributed by atoms with Gasteiger partial charge in [0.25, 0.3) is 0 Å². The van der Waals surface area contributed by atoms with Crippen LogP contribution in [0.2, 0.25) is 5.02 Å². The molecule has 0 spiro atoms. The zero-order chi connectivity index (χ0) is 18.5. The number of allylic oxidation sites excluding steroid dienone is 1. The van der Waals surface area contributed by atoms with Gasteiger partial charge in [0, 0.05) is 28.6 Å². The number of pyridine rings is 1. The number of carbonyl (C=O) groups excluding carboxylic acids is 1. The van der Waals surface area contributed by atoms with E-state index >= 15 is 0 Å². The van der Waals surface area contributed by atoms with E-state index in [-0.39, 0.29) is 11.7 Å². The largest absolute Gasteiger partial charge is 0.310 e. The van der Waals surface area contributed by atoms with Crippen LogP contribution in [0.15, 0.2) is 47.6 Å². The summed E-state index contributed by atoms with van der Waals surface area (Å²) in [6.45, 7) is 6.41. The van der Waals surface area contributed by atoms with Crippen molar-refractivity contribution < 1.29 is 4.79 Å². The highest BCUT2D eigenvalue weighted by Gasteiger charge is 2.16. The van der Waals surface area contributed by atoms with E-state index in [9.17, 15) is 4.79 Å². The Labute approximate surface area is 164 Å². The summed E-state index contributed by atoms with van der Waals surface area (Å²) in [6, 6.07) is 5.40. The zero-order valence-electron chi connectivity index (χ0n) is 14.0. The number of amides is 1. The summed E-state index contributed by atoms with van der Waals surface area (Å²) in [5.74, 6) is 1.26. The van der Waals surface area contributed by atoms with Gasteiger partial charge in [-0.25, -0.2) is 4.98 Å². The number of nitrogens with one attached hydrogen (secondary N) is 1. The normalized spacial score (nSPS) is 10.7. The van der Waals surface area contributed by atoms with Crippen molar-refractivity contribution >= 4 is 46.4 Å². The first-order chi connectivity index (χ1) is 12.6. The molecule has 6 nitrogen and oxygen atoms in total. The van der Waals surface area contributed by atoms with Crippen molar-refractivity contribution in [1.82, 2.24) is 19.7 Å². The molecule has 0 aliphatic rings. The third-order valence-corrected chi connectivity index (χ3v) is 5.40. The van der Waals surface area contributed by atoms with Gasteiger partial charge in [0.15, 0.2) is 11.0 Å². The van der Waals surface area contributed by atoms with Crippen LogP contribution in [0.4, 0.5) is 5.82 Å². The van der Waals surface area contributed by atoms with Crippen LogP contribution < -0.4 is 5.32 Å². The Hall–Kier alpha value is -2.16. The van der Waals surface area contributed by atoms with Crippen molar-refractivity contribution in [3.05, 3.63) is 52.3 Å². The Morgan fingerprint density at radius 3 is 2.96 bits per heavy atom. The minimum Gasteiger partial charge on any atom is -0.310 e. The van der Waals surface area contributed by atoms with Crippen LogP contribution in [0.5, 0.6) is 0 Å². The summed E-state index contributed by atoms with van der Waals surface area (Å²) >= 11 is 8.77. The maximum Gasteiger partial charge on any atom is 0.236 e. The number of rotatable bonds is 7. The van der Waals surface area contributed by atoms with E-state index in [4.69, 9.17) is 11.6 Å². The lowest BCUT2D eigenvalue weighted by atomic mass is 10.3. The standard InChI is InChI=1S/C17H16ClN5OS2/c1-3-6-23-16(12-7-11(2)25-9-12)21-22-17(23)26-10-15(24)20-14-5-4-13(18)8-19-14/h3-5,7-9H,1,6,10H2,2H3,(H,19,20,24). The highest BCUT2D eigenvalue weighted by atomic mass is 35.5. The van der Waals surface area contributed by atoms with Gasteiger partial charge in [-0.05, 0) is 25.1 Å². The van der Waals surface area contributed by atoms with E-state index in [1.54, 1.807) is 29.5 Å². The third kappa shape index (κ3) is 4.51. The maximum absolute atomic E-state index is 12.1. The summed E-state index contributed by atoms with van der Waals surface area (Å²) < 4.78 is 1.95. The molecule has 0 bridgehead atoms. The number of aryl methyl sites for hydroxylation is 1. The average molecular weight is 406 g/mol. The Balaban J connectivity index is 1.69. The first-order valence-electron chi connectivity index (χ1n) is 7.70. The van der Waals surface area contributed by atoms with Crippen molar-refractivity contribution in [3.8, 4) is 11.4 Å². The molecule has 3 rings (SSSR count). The molecule has 9 heteroatoms. The van der Waals surface area contributed by atoms with Gasteiger partial charge in [0.1, 0.15) is 5.82 Å². The van der Waals surface area contributed by atoms with Crippen LogP contribution in [-0.4, -0.2) is 31.4 Å². The molecular weight excluding hydrogens is 390 g/mol. The monoisotopic (exact) mass is 405 g/mol. The Kier molecular flexibility index (Phi) is 6.08. The third-order valence-electron chi connectivity index (χ3n) is 3.34. The lowest BCUT2D eigenvalue weighted by Gasteiger charge is -2.07. The molecule has 0 aliphatic heterocycles.